The molecule has 0 heterocycles. The molecule has 420 valence electrons. The van der Waals surface area contributed by atoms with Gasteiger partial charge in [-0.3, -0.25) is 9.59 Å². The Morgan fingerprint density at radius 3 is 0.865 bits per heavy atom. The number of unbranched alkanes of at least 4 members (excludes halogenated alkanes) is 25. The first kappa shape index (κ1) is 70.0. The zero-order valence-electron chi connectivity index (χ0n) is 48.1. The van der Waals surface area contributed by atoms with Gasteiger partial charge in [0.1, 0.15) is 6.61 Å². The minimum Gasteiger partial charge on any atom is -0.462 e. The molecule has 0 bridgehead atoms. The molecule has 0 saturated heterocycles. The van der Waals surface area contributed by atoms with Crippen LogP contribution in [0, 0.1) is 0 Å². The van der Waals surface area contributed by atoms with Crippen LogP contribution in [0.5, 0.6) is 0 Å². The fourth-order valence-electron chi connectivity index (χ4n) is 8.43. The van der Waals surface area contributed by atoms with Crippen LogP contribution in [0.4, 0.5) is 0 Å². The number of hydrogen-bond acceptors (Lipinski definition) is 5. The maximum atomic E-state index is 12.2. The molecule has 0 aromatic heterocycles. The SMILES string of the molecule is CC/C=C\C/C=C\C/C=C\C/C=C\C/C=C\C/C=C\CCC(=O)OC(CO)COC(=O)CCCCCCCCCCCCCCCCCCCCCCCCCCC/C=C\C/C=C\C/C=C\C/C=C\C/C=C\CC. The van der Waals surface area contributed by atoms with Crippen molar-refractivity contribution in [2.75, 3.05) is 13.2 Å². The summed E-state index contributed by atoms with van der Waals surface area (Å²) >= 11 is 0. The molecule has 0 saturated carbocycles. The highest BCUT2D eigenvalue weighted by atomic mass is 16.6. The Labute approximate surface area is 457 Å². The van der Waals surface area contributed by atoms with Gasteiger partial charge in [0.05, 0.1) is 6.61 Å². The zero-order chi connectivity index (χ0) is 53.4. The summed E-state index contributed by atoms with van der Waals surface area (Å²) in [5.74, 6) is -0.687. The molecule has 1 atom stereocenters. The van der Waals surface area contributed by atoms with E-state index in [1.54, 1.807) is 0 Å². The number of esters is 2. The first-order valence-corrected chi connectivity index (χ1v) is 30.7. The lowest BCUT2D eigenvalue weighted by Crippen LogP contribution is -2.28. The number of aliphatic hydroxyl groups excluding tert-OH is 1. The fraction of sp³-hybridized carbons (Fsp3) is 0.652. The summed E-state index contributed by atoms with van der Waals surface area (Å²) in [4.78, 5) is 24.5. The number of carbonyl (C=O) groups excluding carboxylic acids is 2. The number of carbonyl (C=O) groups is 2. The van der Waals surface area contributed by atoms with Crippen molar-refractivity contribution in [3.8, 4) is 0 Å². The average Bonchev–Trinajstić information content (AvgIpc) is 3.40. The molecular weight excluding hydrogens is 909 g/mol. The molecule has 0 aromatic rings. The molecule has 5 nitrogen and oxygen atoms in total. The van der Waals surface area contributed by atoms with Gasteiger partial charge in [0.15, 0.2) is 6.10 Å². The van der Waals surface area contributed by atoms with Crippen LogP contribution in [-0.2, 0) is 19.1 Å². The molecule has 0 aliphatic rings. The predicted octanol–water partition coefficient (Wildman–Crippen LogP) is 21.2. The number of allylic oxidation sites excluding steroid dienone is 22. The van der Waals surface area contributed by atoms with Crippen LogP contribution in [0.25, 0.3) is 0 Å². The van der Waals surface area contributed by atoms with Crippen LogP contribution >= 0.6 is 0 Å². The van der Waals surface area contributed by atoms with Crippen LogP contribution in [0.1, 0.15) is 271 Å². The molecule has 74 heavy (non-hydrogen) atoms. The van der Waals surface area contributed by atoms with Gasteiger partial charge >= 0.3 is 11.9 Å². The largest absolute Gasteiger partial charge is 0.462 e. The third kappa shape index (κ3) is 60.6. The predicted molar refractivity (Wildman–Crippen MR) is 324 cm³/mol. The summed E-state index contributed by atoms with van der Waals surface area (Å²) in [5.41, 5.74) is 0. The second kappa shape index (κ2) is 63.3. The van der Waals surface area contributed by atoms with Gasteiger partial charge in [-0.2, -0.15) is 0 Å². The Morgan fingerprint density at radius 1 is 0.311 bits per heavy atom. The third-order valence-electron chi connectivity index (χ3n) is 13.0. The zero-order valence-corrected chi connectivity index (χ0v) is 48.1. The summed E-state index contributed by atoms with van der Waals surface area (Å²) in [6.45, 7) is 3.86. The lowest BCUT2D eigenvalue weighted by Gasteiger charge is -2.15. The first-order valence-electron chi connectivity index (χ1n) is 30.7. The van der Waals surface area contributed by atoms with E-state index in [1.807, 2.05) is 12.2 Å². The van der Waals surface area contributed by atoms with Gasteiger partial charge in [-0.05, 0) is 96.3 Å². The van der Waals surface area contributed by atoms with Gasteiger partial charge in [0.25, 0.3) is 0 Å². The van der Waals surface area contributed by atoms with E-state index in [0.717, 1.165) is 89.9 Å². The number of rotatable bonds is 55. The molecular formula is C69H114O5. The first-order chi connectivity index (χ1) is 36.6. The molecule has 1 unspecified atom stereocenters. The lowest BCUT2D eigenvalue weighted by atomic mass is 10.0. The summed E-state index contributed by atoms with van der Waals surface area (Å²) in [5, 5.41) is 9.63. The highest BCUT2D eigenvalue weighted by Gasteiger charge is 2.15. The van der Waals surface area contributed by atoms with Crippen LogP contribution in [0.2, 0.25) is 0 Å². The summed E-state index contributed by atoms with van der Waals surface area (Å²) in [6.07, 6.45) is 94.7. The quantitative estimate of drug-likeness (QED) is 0.0373. The van der Waals surface area contributed by atoms with Gasteiger partial charge in [-0.15, -0.1) is 0 Å². The third-order valence-corrected chi connectivity index (χ3v) is 13.0. The molecule has 0 radical (unpaired) electrons. The smallest absolute Gasteiger partial charge is 0.306 e. The molecule has 0 fully saturated rings. The molecule has 0 spiro atoms. The summed E-state index contributed by atoms with van der Waals surface area (Å²) in [6, 6.07) is 0. The van der Waals surface area contributed by atoms with E-state index < -0.39 is 12.1 Å². The standard InChI is InChI=1S/C69H114O5/c1-3-5-7-9-11-13-15-17-19-21-23-24-25-26-27-28-29-30-31-32-33-34-35-36-37-38-39-40-41-42-43-44-46-47-49-51-53-55-57-59-61-63-68(71)73-66-67(65-70)74-69(72)64-62-60-58-56-54-52-50-48-45-22-20-18-16-14-12-10-8-6-4-2/h5-8,11-14,17-20,23-24,26-27,45,48,52,54,58,60,67,70H,3-4,9-10,15-16,21-22,25,28-44,46-47,49-51,53,55-57,59,61-66H2,1-2H3/b7-5-,8-6-,13-11-,14-12-,19-17-,20-18-,24-23-,27-26-,48-45-,54-52-,60-58-. The number of aliphatic hydroxyl groups is 1. The van der Waals surface area contributed by atoms with Gasteiger partial charge in [-0.25, -0.2) is 0 Å². The number of hydrogen-bond donors (Lipinski definition) is 1. The average molecular weight is 1020 g/mol. The van der Waals surface area contributed by atoms with E-state index in [9.17, 15) is 14.7 Å². The van der Waals surface area contributed by atoms with Gasteiger partial charge in [0.2, 0.25) is 0 Å². The van der Waals surface area contributed by atoms with Crippen molar-refractivity contribution >= 4 is 11.9 Å². The highest BCUT2D eigenvalue weighted by molar-refractivity contribution is 5.70. The minimum atomic E-state index is -0.819. The van der Waals surface area contributed by atoms with Crippen molar-refractivity contribution in [2.24, 2.45) is 0 Å². The van der Waals surface area contributed by atoms with Crippen molar-refractivity contribution in [1.82, 2.24) is 0 Å². The molecule has 5 heteroatoms. The van der Waals surface area contributed by atoms with Crippen molar-refractivity contribution in [1.29, 1.82) is 0 Å². The Morgan fingerprint density at radius 2 is 0.568 bits per heavy atom. The van der Waals surface area contributed by atoms with E-state index in [2.05, 4.69) is 135 Å². The Kier molecular flexibility index (Phi) is 59.9. The van der Waals surface area contributed by atoms with Crippen LogP contribution in [-0.4, -0.2) is 36.4 Å². The molecule has 1 N–H and O–H groups in total. The normalized spacial score (nSPS) is 13.2. The van der Waals surface area contributed by atoms with Crippen molar-refractivity contribution < 1.29 is 24.2 Å². The molecule has 0 amide bonds. The summed E-state index contributed by atoms with van der Waals surface area (Å²) in [7, 11) is 0. The molecule has 0 aliphatic carbocycles. The van der Waals surface area contributed by atoms with E-state index >= 15 is 0 Å². The van der Waals surface area contributed by atoms with Crippen LogP contribution < -0.4 is 0 Å². The molecule has 0 aliphatic heterocycles. The van der Waals surface area contributed by atoms with E-state index in [4.69, 9.17) is 9.47 Å². The Bertz CT molecular complexity index is 1530. The highest BCUT2D eigenvalue weighted by Crippen LogP contribution is 2.17. The van der Waals surface area contributed by atoms with Crippen molar-refractivity contribution in [3.05, 3.63) is 134 Å². The van der Waals surface area contributed by atoms with E-state index in [0.29, 0.717) is 12.8 Å². The van der Waals surface area contributed by atoms with Crippen LogP contribution in [0.15, 0.2) is 134 Å². The van der Waals surface area contributed by atoms with Crippen molar-refractivity contribution in [3.63, 3.8) is 0 Å². The van der Waals surface area contributed by atoms with Gasteiger partial charge in [-0.1, -0.05) is 295 Å². The molecule has 0 aromatic carbocycles. The van der Waals surface area contributed by atoms with Gasteiger partial charge in [0, 0.05) is 12.8 Å². The van der Waals surface area contributed by atoms with Gasteiger partial charge < -0.3 is 14.6 Å². The topological polar surface area (TPSA) is 72.8 Å². The monoisotopic (exact) mass is 1020 g/mol. The maximum absolute atomic E-state index is 12.2. The number of ether oxygens (including phenoxy) is 2. The second-order valence-corrected chi connectivity index (χ2v) is 20.0. The maximum Gasteiger partial charge on any atom is 0.306 e. The van der Waals surface area contributed by atoms with E-state index in [1.165, 1.54) is 148 Å². The van der Waals surface area contributed by atoms with Crippen LogP contribution in [0.3, 0.4) is 0 Å². The fourth-order valence-corrected chi connectivity index (χ4v) is 8.43. The Hall–Kier alpha value is -3.96. The lowest BCUT2D eigenvalue weighted by molar-refractivity contribution is -0.161. The Balaban J connectivity index is 3.48. The minimum absolute atomic E-state index is 0.100. The second-order valence-electron chi connectivity index (χ2n) is 20.0. The van der Waals surface area contributed by atoms with Crippen molar-refractivity contribution in [2.45, 2.75) is 277 Å². The molecule has 0 rings (SSSR count). The summed E-state index contributed by atoms with van der Waals surface area (Å²) < 4.78 is 10.6. The van der Waals surface area contributed by atoms with E-state index in [-0.39, 0.29) is 25.6 Å².